The molecular formula is C20H25F2N3O2. The number of methoxy groups -OCH3 is 1. The molecule has 0 fully saturated rings. The molecule has 0 radical (unpaired) electrons. The number of hydrogen-bond acceptors (Lipinski definition) is 3. The molecule has 0 spiro atoms. The number of ether oxygens (including phenoxy) is 2. The minimum atomic E-state index is -2.49. The van der Waals surface area contributed by atoms with Crippen LogP contribution in [0.25, 0.3) is 0 Å². The van der Waals surface area contributed by atoms with Crippen molar-refractivity contribution >= 4 is 5.96 Å². The lowest BCUT2D eigenvalue weighted by atomic mass is 10.2. The summed E-state index contributed by atoms with van der Waals surface area (Å²) in [4.78, 5) is 4.54. The van der Waals surface area contributed by atoms with Gasteiger partial charge in [0.2, 0.25) is 0 Å². The predicted molar refractivity (Wildman–Crippen MR) is 103 cm³/mol. The van der Waals surface area contributed by atoms with Crippen molar-refractivity contribution in [3.05, 3.63) is 59.7 Å². The van der Waals surface area contributed by atoms with E-state index in [0.717, 1.165) is 23.4 Å². The first-order valence-electron chi connectivity index (χ1n) is 8.76. The van der Waals surface area contributed by atoms with Crippen LogP contribution < -0.4 is 20.1 Å². The van der Waals surface area contributed by atoms with Crippen LogP contribution in [-0.4, -0.2) is 32.6 Å². The smallest absolute Gasteiger partial charge is 0.272 e. The number of hydrogen-bond donors (Lipinski definition) is 2. The Balaban J connectivity index is 1.99. The number of para-hydroxylation sites is 1. The quantitative estimate of drug-likeness (QED) is 0.518. The second-order valence-electron chi connectivity index (χ2n) is 5.71. The number of rotatable bonds is 9. The van der Waals surface area contributed by atoms with Crippen LogP contribution in [0.1, 0.15) is 18.1 Å². The number of aliphatic imine (C=N–C) groups is 1. The minimum Gasteiger partial charge on any atom is -0.496 e. The van der Waals surface area contributed by atoms with Gasteiger partial charge >= 0.3 is 0 Å². The highest BCUT2D eigenvalue weighted by Gasteiger charge is 2.05. The molecule has 0 amide bonds. The molecule has 0 aliphatic carbocycles. The lowest BCUT2D eigenvalue weighted by Gasteiger charge is -2.13. The molecule has 0 bridgehead atoms. The predicted octanol–water partition coefficient (Wildman–Crippen LogP) is 3.59. The van der Waals surface area contributed by atoms with Gasteiger partial charge in [-0.25, -0.2) is 13.8 Å². The SMILES string of the molecule is CCNC(=NCc1cccc(OCC(F)F)c1)NCc1ccccc1OC. The Morgan fingerprint density at radius 1 is 1.11 bits per heavy atom. The average Bonchev–Trinajstić information content (AvgIpc) is 2.69. The Labute approximate surface area is 158 Å². The van der Waals surface area contributed by atoms with Gasteiger partial charge < -0.3 is 20.1 Å². The molecule has 146 valence electrons. The van der Waals surface area contributed by atoms with Gasteiger partial charge in [-0.15, -0.1) is 0 Å². The topological polar surface area (TPSA) is 54.9 Å². The van der Waals surface area contributed by atoms with E-state index in [1.165, 1.54) is 0 Å². The van der Waals surface area contributed by atoms with E-state index in [-0.39, 0.29) is 0 Å². The van der Waals surface area contributed by atoms with E-state index in [0.29, 0.717) is 24.8 Å². The van der Waals surface area contributed by atoms with Crippen molar-refractivity contribution in [3.8, 4) is 11.5 Å². The maximum absolute atomic E-state index is 12.3. The zero-order chi connectivity index (χ0) is 19.5. The van der Waals surface area contributed by atoms with Gasteiger partial charge in [-0.1, -0.05) is 30.3 Å². The van der Waals surface area contributed by atoms with Crippen LogP contribution in [0.4, 0.5) is 8.78 Å². The Kier molecular flexibility index (Phi) is 8.35. The van der Waals surface area contributed by atoms with Gasteiger partial charge in [0.1, 0.15) is 18.1 Å². The van der Waals surface area contributed by atoms with E-state index in [9.17, 15) is 8.78 Å². The highest BCUT2D eigenvalue weighted by Crippen LogP contribution is 2.17. The van der Waals surface area contributed by atoms with Crippen LogP contribution in [0.2, 0.25) is 0 Å². The molecule has 7 heteroatoms. The maximum Gasteiger partial charge on any atom is 0.272 e. The number of benzene rings is 2. The van der Waals surface area contributed by atoms with Crippen LogP contribution in [0, 0.1) is 0 Å². The van der Waals surface area contributed by atoms with Crippen molar-refractivity contribution in [1.29, 1.82) is 0 Å². The molecule has 0 saturated heterocycles. The molecule has 0 heterocycles. The molecule has 0 aliphatic rings. The third-order valence-electron chi connectivity index (χ3n) is 3.68. The second kappa shape index (κ2) is 11.0. The first-order chi connectivity index (χ1) is 13.1. The van der Waals surface area contributed by atoms with Gasteiger partial charge in [-0.2, -0.15) is 0 Å². The number of alkyl halides is 2. The van der Waals surface area contributed by atoms with E-state index in [4.69, 9.17) is 9.47 Å². The summed E-state index contributed by atoms with van der Waals surface area (Å²) in [6.07, 6.45) is -2.49. The Hall–Kier alpha value is -2.83. The summed E-state index contributed by atoms with van der Waals surface area (Å²) in [6, 6.07) is 14.8. The molecule has 2 aromatic rings. The molecule has 0 unspecified atom stereocenters. The van der Waals surface area contributed by atoms with Crippen molar-refractivity contribution in [1.82, 2.24) is 10.6 Å². The Morgan fingerprint density at radius 3 is 2.67 bits per heavy atom. The summed E-state index contributed by atoms with van der Waals surface area (Å²) < 4.78 is 34.9. The number of nitrogens with one attached hydrogen (secondary N) is 2. The van der Waals surface area contributed by atoms with Crippen molar-refractivity contribution in [2.75, 3.05) is 20.3 Å². The third-order valence-corrected chi connectivity index (χ3v) is 3.68. The van der Waals surface area contributed by atoms with E-state index in [2.05, 4.69) is 15.6 Å². The highest BCUT2D eigenvalue weighted by atomic mass is 19.3. The standard InChI is InChI=1S/C20H25F2N3O2/c1-3-23-20(25-13-16-8-4-5-10-18(16)26-2)24-12-15-7-6-9-17(11-15)27-14-19(21)22/h4-11,19H,3,12-14H2,1-2H3,(H2,23,24,25). The molecule has 0 saturated carbocycles. The second-order valence-corrected chi connectivity index (χ2v) is 5.71. The van der Waals surface area contributed by atoms with Gasteiger partial charge in [-0.3, -0.25) is 0 Å². The molecule has 0 atom stereocenters. The normalized spacial score (nSPS) is 11.4. The zero-order valence-corrected chi connectivity index (χ0v) is 15.5. The van der Waals surface area contributed by atoms with Crippen LogP contribution in [-0.2, 0) is 13.1 Å². The molecule has 2 rings (SSSR count). The van der Waals surface area contributed by atoms with Gasteiger partial charge in [0.25, 0.3) is 6.43 Å². The molecule has 27 heavy (non-hydrogen) atoms. The van der Waals surface area contributed by atoms with Crippen LogP contribution in [0.5, 0.6) is 11.5 Å². The van der Waals surface area contributed by atoms with Crippen LogP contribution in [0.3, 0.4) is 0 Å². The lowest BCUT2D eigenvalue weighted by molar-refractivity contribution is 0.0818. The maximum atomic E-state index is 12.3. The average molecular weight is 377 g/mol. The van der Waals surface area contributed by atoms with Crippen molar-refractivity contribution in [2.24, 2.45) is 4.99 Å². The Morgan fingerprint density at radius 2 is 1.93 bits per heavy atom. The summed E-state index contributed by atoms with van der Waals surface area (Å²) in [5.41, 5.74) is 1.89. The van der Waals surface area contributed by atoms with E-state index in [1.807, 2.05) is 37.3 Å². The molecular weight excluding hydrogens is 352 g/mol. The molecule has 0 aliphatic heterocycles. The van der Waals surface area contributed by atoms with Crippen molar-refractivity contribution in [2.45, 2.75) is 26.4 Å². The van der Waals surface area contributed by atoms with E-state index >= 15 is 0 Å². The first-order valence-corrected chi connectivity index (χ1v) is 8.76. The third kappa shape index (κ3) is 7.13. The number of halogens is 2. The van der Waals surface area contributed by atoms with Gasteiger partial charge in [-0.05, 0) is 30.7 Å². The van der Waals surface area contributed by atoms with E-state index < -0.39 is 13.0 Å². The minimum absolute atomic E-state index is 0.396. The van der Waals surface area contributed by atoms with Crippen molar-refractivity contribution < 1.29 is 18.3 Å². The molecule has 5 nitrogen and oxygen atoms in total. The molecule has 0 aromatic heterocycles. The largest absolute Gasteiger partial charge is 0.496 e. The van der Waals surface area contributed by atoms with Crippen LogP contribution in [0.15, 0.2) is 53.5 Å². The highest BCUT2D eigenvalue weighted by molar-refractivity contribution is 5.79. The number of guanidine groups is 1. The molecule has 2 aromatic carbocycles. The van der Waals surface area contributed by atoms with Crippen LogP contribution >= 0.6 is 0 Å². The van der Waals surface area contributed by atoms with Gasteiger partial charge in [0, 0.05) is 18.7 Å². The summed E-state index contributed by atoms with van der Waals surface area (Å²) in [6.45, 7) is 3.05. The van der Waals surface area contributed by atoms with Gasteiger partial charge in [0.05, 0.1) is 13.7 Å². The summed E-state index contributed by atoms with van der Waals surface area (Å²) >= 11 is 0. The summed E-state index contributed by atoms with van der Waals surface area (Å²) in [5.74, 6) is 1.88. The fourth-order valence-corrected chi connectivity index (χ4v) is 2.43. The number of nitrogens with zero attached hydrogens (tertiary/aromatic N) is 1. The molecule has 2 N–H and O–H groups in total. The lowest BCUT2D eigenvalue weighted by Crippen LogP contribution is -2.36. The summed E-state index contributed by atoms with van der Waals surface area (Å²) in [5, 5.41) is 6.45. The fourth-order valence-electron chi connectivity index (χ4n) is 2.43. The van der Waals surface area contributed by atoms with Gasteiger partial charge in [0.15, 0.2) is 5.96 Å². The van der Waals surface area contributed by atoms with E-state index in [1.54, 1.807) is 25.3 Å². The first kappa shape index (κ1) is 20.5. The summed E-state index contributed by atoms with van der Waals surface area (Å²) in [7, 11) is 1.64. The zero-order valence-electron chi connectivity index (χ0n) is 15.5. The Bertz CT molecular complexity index is 739. The fraction of sp³-hybridized carbons (Fsp3) is 0.350. The van der Waals surface area contributed by atoms with Crippen molar-refractivity contribution in [3.63, 3.8) is 0 Å². The monoisotopic (exact) mass is 377 g/mol.